The van der Waals surface area contributed by atoms with Crippen LogP contribution in [-0.2, 0) is 6.54 Å². The quantitative estimate of drug-likeness (QED) is 0.846. The van der Waals surface area contributed by atoms with Crippen molar-refractivity contribution in [3.05, 3.63) is 35.6 Å². The van der Waals surface area contributed by atoms with Crippen LogP contribution in [0.3, 0.4) is 0 Å². The van der Waals surface area contributed by atoms with E-state index in [1.165, 1.54) is 31.5 Å². The minimum atomic E-state index is -0.176. The molecular formula is C17H21FN2. The van der Waals surface area contributed by atoms with Crippen LogP contribution in [-0.4, -0.2) is 30.6 Å². The van der Waals surface area contributed by atoms with E-state index in [1.54, 1.807) is 0 Å². The summed E-state index contributed by atoms with van der Waals surface area (Å²) < 4.78 is 12.8. The van der Waals surface area contributed by atoms with Gasteiger partial charge in [-0.2, -0.15) is 0 Å². The lowest BCUT2D eigenvalue weighted by Crippen LogP contribution is -2.55. The highest BCUT2D eigenvalue weighted by molar-refractivity contribution is 5.15. The van der Waals surface area contributed by atoms with E-state index < -0.39 is 0 Å². The molecule has 3 saturated heterocycles. The fraction of sp³-hybridized carbons (Fsp3) is 0.529. The molecular weight excluding hydrogens is 251 g/mol. The number of rotatable bonds is 4. The first-order valence-electron chi connectivity index (χ1n) is 7.41. The molecule has 1 aromatic rings. The van der Waals surface area contributed by atoms with Crippen LogP contribution in [0.5, 0.6) is 0 Å². The Kier molecular flexibility index (Phi) is 4.05. The summed E-state index contributed by atoms with van der Waals surface area (Å²) in [7, 11) is 0. The molecule has 0 amide bonds. The van der Waals surface area contributed by atoms with E-state index in [-0.39, 0.29) is 5.82 Å². The first-order valence-corrected chi connectivity index (χ1v) is 7.41. The third-order valence-corrected chi connectivity index (χ3v) is 4.71. The number of nitrogens with one attached hydrogen (secondary N) is 1. The van der Waals surface area contributed by atoms with Gasteiger partial charge in [0.15, 0.2) is 0 Å². The highest BCUT2D eigenvalue weighted by atomic mass is 19.1. The SMILES string of the molecule is C#CC1CN2CCC1CC2CNCc1ccc(F)cc1. The van der Waals surface area contributed by atoms with Crippen molar-refractivity contribution in [2.75, 3.05) is 19.6 Å². The number of nitrogens with zero attached hydrogens (tertiary/aromatic N) is 1. The smallest absolute Gasteiger partial charge is 0.123 e. The van der Waals surface area contributed by atoms with Crippen molar-refractivity contribution in [1.29, 1.82) is 0 Å². The molecule has 3 heterocycles. The maximum atomic E-state index is 12.8. The topological polar surface area (TPSA) is 15.3 Å². The van der Waals surface area contributed by atoms with Crippen LogP contribution in [0.1, 0.15) is 18.4 Å². The van der Waals surface area contributed by atoms with Crippen LogP contribution >= 0.6 is 0 Å². The van der Waals surface area contributed by atoms with Crippen molar-refractivity contribution in [2.45, 2.75) is 25.4 Å². The molecule has 0 aliphatic carbocycles. The van der Waals surface area contributed by atoms with Gasteiger partial charge in [0.2, 0.25) is 0 Å². The average Bonchev–Trinajstić information content (AvgIpc) is 2.50. The first kappa shape index (κ1) is 13.6. The molecule has 0 aromatic heterocycles. The summed E-state index contributed by atoms with van der Waals surface area (Å²) in [6.07, 6.45) is 8.07. The molecule has 1 N–H and O–H groups in total. The Morgan fingerprint density at radius 2 is 2.15 bits per heavy atom. The van der Waals surface area contributed by atoms with Gasteiger partial charge in [-0.05, 0) is 43.0 Å². The van der Waals surface area contributed by atoms with Gasteiger partial charge in [-0.25, -0.2) is 4.39 Å². The number of halogens is 1. The molecule has 4 rings (SSSR count). The molecule has 20 heavy (non-hydrogen) atoms. The predicted molar refractivity (Wildman–Crippen MR) is 78.5 cm³/mol. The van der Waals surface area contributed by atoms with E-state index in [0.717, 1.165) is 25.2 Å². The molecule has 0 saturated carbocycles. The molecule has 1 aromatic carbocycles. The number of hydrogen-bond donors (Lipinski definition) is 1. The molecule has 3 aliphatic heterocycles. The van der Waals surface area contributed by atoms with E-state index in [1.807, 2.05) is 12.1 Å². The largest absolute Gasteiger partial charge is 0.311 e. The summed E-state index contributed by atoms with van der Waals surface area (Å²) in [5, 5.41) is 3.49. The maximum absolute atomic E-state index is 12.8. The lowest BCUT2D eigenvalue weighted by Gasteiger charge is -2.48. The molecule has 3 aliphatic rings. The van der Waals surface area contributed by atoms with Gasteiger partial charge in [-0.15, -0.1) is 12.3 Å². The lowest BCUT2D eigenvalue weighted by atomic mass is 9.76. The van der Waals surface area contributed by atoms with Gasteiger partial charge in [-0.3, -0.25) is 4.90 Å². The van der Waals surface area contributed by atoms with E-state index in [4.69, 9.17) is 6.42 Å². The second-order valence-electron chi connectivity index (χ2n) is 5.96. The normalized spacial score (nSPS) is 32.0. The Labute approximate surface area is 120 Å². The second-order valence-corrected chi connectivity index (χ2v) is 5.96. The van der Waals surface area contributed by atoms with Crippen LogP contribution in [0.4, 0.5) is 4.39 Å². The van der Waals surface area contributed by atoms with Crippen molar-refractivity contribution in [3.8, 4) is 12.3 Å². The first-order chi connectivity index (χ1) is 9.76. The molecule has 0 spiro atoms. The Morgan fingerprint density at radius 3 is 2.80 bits per heavy atom. The van der Waals surface area contributed by atoms with E-state index in [2.05, 4.69) is 16.1 Å². The Balaban J connectivity index is 1.48. The predicted octanol–water partition coefficient (Wildman–Crippen LogP) is 2.26. The minimum Gasteiger partial charge on any atom is -0.311 e. The maximum Gasteiger partial charge on any atom is 0.123 e. The van der Waals surface area contributed by atoms with Gasteiger partial charge in [0.1, 0.15) is 5.82 Å². The monoisotopic (exact) mass is 272 g/mol. The van der Waals surface area contributed by atoms with Crippen molar-refractivity contribution in [1.82, 2.24) is 10.2 Å². The number of piperidine rings is 3. The van der Waals surface area contributed by atoms with Gasteiger partial charge in [-0.1, -0.05) is 12.1 Å². The van der Waals surface area contributed by atoms with Crippen molar-refractivity contribution in [2.24, 2.45) is 11.8 Å². The molecule has 2 bridgehead atoms. The molecule has 0 radical (unpaired) electrons. The van der Waals surface area contributed by atoms with Crippen molar-refractivity contribution in [3.63, 3.8) is 0 Å². The van der Waals surface area contributed by atoms with E-state index in [0.29, 0.717) is 17.9 Å². The lowest BCUT2D eigenvalue weighted by molar-refractivity contribution is 0.0227. The molecule has 106 valence electrons. The van der Waals surface area contributed by atoms with Crippen LogP contribution in [0.2, 0.25) is 0 Å². The number of fused-ring (bicyclic) bond motifs is 3. The summed E-state index contributed by atoms with van der Waals surface area (Å²) in [6.45, 7) is 4.04. The molecule has 4 atom stereocenters. The number of benzene rings is 1. The summed E-state index contributed by atoms with van der Waals surface area (Å²) in [6, 6.07) is 7.31. The fourth-order valence-corrected chi connectivity index (χ4v) is 3.52. The van der Waals surface area contributed by atoms with Crippen molar-refractivity contribution >= 4 is 0 Å². The zero-order valence-corrected chi connectivity index (χ0v) is 11.7. The minimum absolute atomic E-state index is 0.176. The summed E-state index contributed by atoms with van der Waals surface area (Å²) in [4.78, 5) is 2.53. The molecule has 3 fully saturated rings. The van der Waals surface area contributed by atoms with Crippen LogP contribution in [0.15, 0.2) is 24.3 Å². The van der Waals surface area contributed by atoms with Crippen LogP contribution in [0, 0.1) is 30.0 Å². The number of terminal acetylenes is 1. The summed E-state index contributed by atoms with van der Waals surface area (Å²) in [5.74, 6) is 3.94. The zero-order chi connectivity index (χ0) is 13.9. The molecule has 4 unspecified atom stereocenters. The summed E-state index contributed by atoms with van der Waals surface area (Å²) in [5.41, 5.74) is 1.13. The van der Waals surface area contributed by atoms with Gasteiger partial charge in [0, 0.05) is 31.6 Å². The third-order valence-electron chi connectivity index (χ3n) is 4.71. The summed E-state index contributed by atoms with van der Waals surface area (Å²) >= 11 is 0. The van der Waals surface area contributed by atoms with Crippen LogP contribution < -0.4 is 5.32 Å². The van der Waals surface area contributed by atoms with E-state index in [9.17, 15) is 4.39 Å². The van der Waals surface area contributed by atoms with Gasteiger partial charge < -0.3 is 5.32 Å². The van der Waals surface area contributed by atoms with Crippen molar-refractivity contribution < 1.29 is 4.39 Å². The zero-order valence-electron chi connectivity index (χ0n) is 11.7. The Hall–Kier alpha value is -1.37. The second kappa shape index (κ2) is 5.95. The molecule has 2 nitrogen and oxygen atoms in total. The third kappa shape index (κ3) is 2.87. The molecule has 3 heteroatoms. The Morgan fingerprint density at radius 1 is 1.35 bits per heavy atom. The van der Waals surface area contributed by atoms with Crippen LogP contribution in [0.25, 0.3) is 0 Å². The highest BCUT2D eigenvalue weighted by Gasteiger charge is 2.38. The fourth-order valence-electron chi connectivity index (χ4n) is 3.52. The van der Waals surface area contributed by atoms with Gasteiger partial charge >= 0.3 is 0 Å². The highest BCUT2D eigenvalue weighted by Crippen LogP contribution is 2.35. The average molecular weight is 272 g/mol. The standard InChI is InChI=1S/C17H21FN2/c1-2-14-12-20-8-7-15(14)9-17(20)11-19-10-13-3-5-16(18)6-4-13/h1,3-6,14-15,17,19H,7-12H2. The van der Waals surface area contributed by atoms with Gasteiger partial charge in [0.25, 0.3) is 0 Å². The number of hydrogen-bond acceptors (Lipinski definition) is 2. The van der Waals surface area contributed by atoms with Gasteiger partial charge in [0.05, 0.1) is 0 Å². The van der Waals surface area contributed by atoms with E-state index >= 15 is 0 Å². The Bertz CT molecular complexity index is 491.